The maximum Gasteiger partial charge on any atom is 0.318 e. The van der Waals surface area contributed by atoms with Crippen molar-refractivity contribution < 1.29 is 18.3 Å². The van der Waals surface area contributed by atoms with Gasteiger partial charge in [0.1, 0.15) is 18.3 Å². The second kappa shape index (κ2) is 11.3. The number of carbonyl (C=O) groups is 1. The highest BCUT2D eigenvalue weighted by Gasteiger charge is 2.50. The Morgan fingerprint density at radius 3 is 2.86 bits per heavy atom. The number of hydrogen-bond acceptors (Lipinski definition) is 7. The third kappa shape index (κ3) is 4.73. The van der Waals surface area contributed by atoms with Gasteiger partial charge in [-0.3, -0.25) is 4.79 Å². The minimum Gasteiger partial charge on any atom is -0.462 e. The molecule has 4 aliphatic rings. The van der Waals surface area contributed by atoms with Gasteiger partial charge in [0, 0.05) is 43.2 Å². The number of carbonyl (C=O) groups excluding carboxylic acids is 1. The highest BCUT2D eigenvalue weighted by Crippen LogP contribution is 2.56. The van der Waals surface area contributed by atoms with Crippen LogP contribution >= 0.6 is 11.6 Å². The maximum absolute atomic E-state index is 15.8. The summed E-state index contributed by atoms with van der Waals surface area (Å²) in [6, 6.07) is 7.33. The number of nitriles is 1. The average molecular weight is 595 g/mol. The van der Waals surface area contributed by atoms with Crippen molar-refractivity contribution in [2.75, 3.05) is 44.7 Å². The van der Waals surface area contributed by atoms with E-state index in [0.717, 1.165) is 24.9 Å². The molecule has 3 heterocycles. The van der Waals surface area contributed by atoms with Gasteiger partial charge in [-0.1, -0.05) is 30.3 Å². The van der Waals surface area contributed by atoms with Crippen LogP contribution in [0.4, 0.5) is 14.6 Å². The molecule has 1 spiro atoms. The van der Waals surface area contributed by atoms with E-state index in [2.05, 4.69) is 29.5 Å². The van der Waals surface area contributed by atoms with Gasteiger partial charge in [-0.25, -0.2) is 8.78 Å². The Morgan fingerprint density at radius 1 is 1.29 bits per heavy atom. The van der Waals surface area contributed by atoms with E-state index in [4.69, 9.17) is 26.3 Å². The Balaban J connectivity index is 1.38. The number of likely N-dealkylation sites (N-methyl/N-ethyl adjacent to an activating group) is 1. The molecule has 1 aromatic carbocycles. The van der Waals surface area contributed by atoms with Crippen LogP contribution in [-0.2, 0) is 23.1 Å². The summed E-state index contributed by atoms with van der Waals surface area (Å²) >= 11 is 6.33. The van der Waals surface area contributed by atoms with E-state index in [-0.39, 0.29) is 47.4 Å². The summed E-state index contributed by atoms with van der Waals surface area (Å²) in [4.78, 5) is 28.1. The zero-order valence-electron chi connectivity index (χ0n) is 23.6. The molecule has 11 heteroatoms. The SMILES string of the molecule is C=CC(=O)N1CCN(c2nc(OC[C@@H]3CCCN3C)nc3c2CC[C@@]2(C3)C(F)=C(F)c3c(Cl)cccc32)C[C@@H]1CC#N. The highest BCUT2D eigenvalue weighted by molar-refractivity contribution is 6.32. The van der Waals surface area contributed by atoms with Crippen LogP contribution < -0.4 is 9.64 Å². The largest absolute Gasteiger partial charge is 0.462 e. The first-order chi connectivity index (χ1) is 20.3. The monoisotopic (exact) mass is 594 g/mol. The Hall–Kier alpha value is -3.55. The molecule has 2 saturated heterocycles. The molecule has 3 atom stereocenters. The van der Waals surface area contributed by atoms with Crippen molar-refractivity contribution in [2.45, 2.75) is 56.0 Å². The number of anilines is 1. The lowest BCUT2D eigenvalue weighted by atomic mass is 9.69. The van der Waals surface area contributed by atoms with Crippen LogP contribution in [-0.4, -0.2) is 77.6 Å². The average Bonchev–Trinajstić information content (AvgIpc) is 3.50. The molecule has 0 radical (unpaired) electrons. The fourth-order valence-corrected chi connectivity index (χ4v) is 7.29. The third-order valence-corrected chi connectivity index (χ3v) is 9.64. The van der Waals surface area contributed by atoms with Gasteiger partial charge in [0.2, 0.25) is 5.91 Å². The van der Waals surface area contributed by atoms with Gasteiger partial charge in [-0.15, -0.1) is 0 Å². The van der Waals surface area contributed by atoms with E-state index in [1.807, 2.05) is 0 Å². The summed E-state index contributed by atoms with van der Waals surface area (Å²) < 4.78 is 37.3. The van der Waals surface area contributed by atoms with E-state index in [1.165, 1.54) is 6.08 Å². The summed E-state index contributed by atoms with van der Waals surface area (Å²) in [5.41, 5.74) is 0.922. The number of ether oxygens (including phenoxy) is 1. The molecule has 1 aromatic heterocycles. The topological polar surface area (TPSA) is 85.6 Å². The smallest absolute Gasteiger partial charge is 0.318 e. The predicted octanol–water partition coefficient (Wildman–Crippen LogP) is 4.77. The Bertz CT molecular complexity index is 1510. The number of allylic oxidation sites excluding steroid dienone is 1. The zero-order valence-corrected chi connectivity index (χ0v) is 24.3. The number of rotatable bonds is 6. The van der Waals surface area contributed by atoms with Crippen LogP contribution in [0.2, 0.25) is 5.02 Å². The van der Waals surface area contributed by atoms with Crippen molar-refractivity contribution >= 4 is 29.2 Å². The number of nitrogens with zero attached hydrogens (tertiary/aromatic N) is 6. The molecular weight excluding hydrogens is 562 g/mol. The van der Waals surface area contributed by atoms with Crippen LogP contribution in [0.3, 0.4) is 0 Å². The molecule has 1 amide bonds. The lowest BCUT2D eigenvalue weighted by molar-refractivity contribution is -0.128. The fraction of sp³-hybridized carbons (Fsp3) is 0.484. The second-order valence-corrected chi connectivity index (χ2v) is 12.0. The van der Waals surface area contributed by atoms with Crippen molar-refractivity contribution in [1.82, 2.24) is 19.8 Å². The maximum atomic E-state index is 15.8. The Labute approximate surface area is 249 Å². The van der Waals surface area contributed by atoms with E-state index < -0.39 is 17.1 Å². The van der Waals surface area contributed by atoms with Crippen molar-refractivity contribution in [3.05, 3.63) is 64.1 Å². The number of hydrogen-bond donors (Lipinski definition) is 0. The van der Waals surface area contributed by atoms with Crippen molar-refractivity contribution in [2.24, 2.45) is 0 Å². The summed E-state index contributed by atoms with van der Waals surface area (Å²) in [6.07, 6.45) is 4.42. The van der Waals surface area contributed by atoms with Gasteiger partial charge in [-0.2, -0.15) is 15.2 Å². The van der Waals surface area contributed by atoms with E-state index in [0.29, 0.717) is 56.2 Å². The van der Waals surface area contributed by atoms with Gasteiger partial charge < -0.3 is 19.4 Å². The molecule has 0 unspecified atom stereocenters. The van der Waals surface area contributed by atoms with Crippen molar-refractivity contribution in [3.63, 3.8) is 0 Å². The molecule has 0 bridgehead atoms. The Morgan fingerprint density at radius 2 is 2.12 bits per heavy atom. The van der Waals surface area contributed by atoms with Gasteiger partial charge in [0.05, 0.1) is 34.7 Å². The summed E-state index contributed by atoms with van der Waals surface area (Å²) in [7, 11) is 2.07. The number of aromatic nitrogens is 2. The summed E-state index contributed by atoms with van der Waals surface area (Å²) in [6.45, 7) is 6.31. The van der Waals surface area contributed by atoms with Gasteiger partial charge >= 0.3 is 6.01 Å². The van der Waals surface area contributed by atoms with Crippen LogP contribution in [0.15, 0.2) is 36.7 Å². The molecular formula is C31H33ClF2N6O2. The molecule has 2 aliphatic carbocycles. The number of halogens is 3. The molecule has 42 heavy (non-hydrogen) atoms. The molecule has 2 aromatic rings. The Kier molecular flexibility index (Phi) is 7.66. The van der Waals surface area contributed by atoms with E-state index in [9.17, 15) is 10.1 Å². The molecule has 2 aliphatic heterocycles. The number of benzene rings is 1. The van der Waals surface area contributed by atoms with Gasteiger partial charge in [-0.05, 0) is 57.0 Å². The molecule has 2 fully saturated rings. The lowest BCUT2D eigenvalue weighted by Gasteiger charge is -2.42. The minimum absolute atomic E-state index is 0.123. The minimum atomic E-state index is -1.20. The van der Waals surface area contributed by atoms with Gasteiger partial charge in [0.15, 0.2) is 5.83 Å². The first-order valence-corrected chi connectivity index (χ1v) is 14.8. The number of fused-ring (bicyclic) bond motifs is 3. The fourth-order valence-electron chi connectivity index (χ4n) is 7.03. The standard InChI is InChI=1S/C31H33ClF2N6O2/c1-3-25(41)40-15-14-39(17-19(40)10-12-35)29-21-9-11-31(22-7-4-8-23(32)26(22)27(33)28(31)34)16-24(21)36-30(37-29)42-18-20-6-5-13-38(20)2/h3-4,7-8,19-20H,1,5-6,9-11,13-18H2,2H3/t19-,20-,31-/m0/s1. The van der Waals surface area contributed by atoms with Crippen LogP contribution in [0.1, 0.15) is 48.1 Å². The molecule has 220 valence electrons. The molecule has 8 nitrogen and oxygen atoms in total. The molecule has 0 N–H and O–H groups in total. The van der Waals surface area contributed by atoms with Crippen molar-refractivity contribution in [3.8, 4) is 12.1 Å². The van der Waals surface area contributed by atoms with E-state index in [1.54, 1.807) is 23.1 Å². The normalized spacial score (nSPS) is 25.4. The summed E-state index contributed by atoms with van der Waals surface area (Å²) in [5, 5.41) is 9.67. The van der Waals surface area contributed by atoms with Crippen LogP contribution in [0, 0.1) is 11.3 Å². The number of amides is 1. The first kappa shape index (κ1) is 28.6. The molecule has 6 rings (SSSR count). The number of likely N-dealkylation sites (tertiary alicyclic amines) is 1. The highest BCUT2D eigenvalue weighted by atomic mass is 35.5. The zero-order chi connectivity index (χ0) is 29.6. The summed E-state index contributed by atoms with van der Waals surface area (Å²) in [5.74, 6) is -1.27. The lowest BCUT2D eigenvalue weighted by Crippen LogP contribution is -2.55. The second-order valence-electron chi connectivity index (χ2n) is 11.6. The molecule has 0 saturated carbocycles. The third-order valence-electron chi connectivity index (χ3n) is 9.33. The van der Waals surface area contributed by atoms with Crippen LogP contribution in [0.25, 0.3) is 5.83 Å². The number of piperazine rings is 1. The van der Waals surface area contributed by atoms with Crippen LogP contribution in [0.5, 0.6) is 6.01 Å². The van der Waals surface area contributed by atoms with E-state index >= 15 is 8.78 Å². The first-order valence-electron chi connectivity index (χ1n) is 14.4. The predicted molar refractivity (Wildman–Crippen MR) is 156 cm³/mol. The van der Waals surface area contributed by atoms with Crippen molar-refractivity contribution in [1.29, 1.82) is 5.26 Å². The van der Waals surface area contributed by atoms with Gasteiger partial charge in [0.25, 0.3) is 0 Å². The quantitative estimate of drug-likeness (QED) is 0.446.